The molecule has 0 bridgehead atoms. The number of aliphatic hydroxyl groups excluding tert-OH is 1. The van der Waals surface area contributed by atoms with Gasteiger partial charge in [0, 0.05) is 6.92 Å². The first-order chi connectivity index (χ1) is 12.7. The average molecular weight is 377 g/mol. The van der Waals surface area contributed by atoms with Gasteiger partial charge in [-0.15, -0.1) is 0 Å². The molecule has 4 aliphatic rings. The number of carbonyl (C=O) groups excluding carboxylic acids is 1. The summed E-state index contributed by atoms with van der Waals surface area (Å²) in [4.78, 5) is 21.2. The molecule has 3 fully saturated rings. The minimum absolute atomic E-state index is 0.0222. The third kappa shape index (κ3) is 3.50. The maximum atomic E-state index is 12.2. The van der Waals surface area contributed by atoms with Crippen molar-refractivity contribution in [3.63, 3.8) is 0 Å². The topological polar surface area (TPSA) is 74.6 Å². The van der Waals surface area contributed by atoms with Crippen molar-refractivity contribution in [3.05, 3.63) is 11.6 Å². The smallest absolute Gasteiger partial charge is 0.300 e. The number of allylic oxidation sites excluding steroid dienone is 1. The zero-order valence-corrected chi connectivity index (χ0v) is 17.2. The minimum Gasteiger partial charge on any atom is -0.481 e. The lowest BCUT2D eigenvalue weighted by molar-refractivity contribution is -0.134. The van der Waals surface area contributed by atoms with Gasteiger partial charge in [0.05, 0.1) is 0 Å². The molecule has 0 aromatic carbocycles. The van der Waals surface area contributed by atoms with Crippen molar-refractivity contribution >= 4 is 11.8 Å². The molecule has 1 unspecified atom stereocenters. The number of aliphatic carboxylic acids is 1. The summed E-state index contributed by atoms with van der Waals surface area (Å²) >= 11 is 0. The second-order valence-electron chi connectivity index (χ2n) is 9.81. The zero-order valence-electron chi connectivity index (χ0n) is 17.2. The standard InChI is InChI=1S/C21H32O2.C2H4O2/c1-20-11-4-3-5-14(20)6-7-15-16-8-9-18(19(23)13-22)21(16,2)12-10-17(15)20;1-2(3)4/h9,14-17,22H,3-8,10-13H2,1-2H3;1H3,(H,3,4)/t14?,15-,16-,17-,20-,21-;/m0./s1. The number of aliphatic hydroxyl groups is 1. The Morgan fingerprint density at radius 2 is 1.78 bits per heavy atom. The van der Waals surface area contributed by atoms with Gasteiger partial charge in [0.2, 0.25) is 0 Å². The fourth-order valence-corrected chi connectivity index (χ4v) is 7.38. The molecule has 2 N–H and O–H groups in total. The van der Waals surface area contributed by atoms with Crippen LogP contribution < -0.4 is 0 Å². The van der Waals surface area contributed by atoms with E-state index in [2.05, 4.69) is 19.9 Å². The van der Waals surface area contributed by atoms with Gasteiger partial charge in [-0.3, -0.25) is 9.59 Å². The summed E-state index contributed by atoms with van der Waals surface area (Å²) in [5.41, 5.74) is 1.56. The van der Waals surface area contributed by atoms with Gasteiger partial charge in [0.25, 0.3) is 5.97 Å². The first-order valence-corrected chi connectivity index (χ1v) is 10.8. The van der Waals surface area contributed by atoms with Crippen molar-refractivity contribution in [1.82, 2.24) is 0 Å². The molecule has 0 aliphatic heterocycles. The number of fused-ring (bicyclic) bond motifs is 5. The van der Waals surface area contributed by atoms with Crippen molar-refractivity contribution in [2.75, 3.05) is 6.61 Å². The molecular weight excluding hydrogens is 340 g/mol. The van der Waals surface area contributed by atoms with Gasteiger partial charge < -0.3 is 10.2 Å². The lowest BCUT2D eigenvalue weighted by atomic mass is 9.45. The molecule has 0 heterocycles. The van der Waals surface area contributed by atoms with Crippen LogP contribution in [0.5, 0.6) is 0 Å². The highest BCUT2D eigenvalue weighted by molar-refractivity contribution is 5.98. The summed E-state index contributed by atoms with van der Waals surface area (Å²) in [5.74, 6) is 2.41. The van der Waals surface area contributed by atoms with E-state index in [1.165, 1.54) is 44.9 Å². The van der Waals surface area contributed by atoms with E-state index >= 15 is 0 Å². The van der Waals surface area contributed by atoms with E-state index in [-0.39, 0.29) is 17.8 Å². The molecule has 0 amide bonds. The van der Waals surface area contributed by atoms with Gasteiger partial charge in [-0.05, 0) is 85.0 Å². The highest BCUT2D eigenvalue weighted by Crippen LogP contribution is 2.66. The monoisotopic (exact) mass is 376 g/mol. The van der Waals surface area contributed by atoms with Crippen molar-refractivity contribution in [1.29, 1.82) is 0 Å². The molecule has 4 nitrogen and oxygen atoms in total. The summed E-state index contributed by atoms with van der Waals surface area (Å²) in [6, 6.07) is 0. The Bertz CT molecular complexity index is 620. The van der Waals surface area contributed by atoms with Crippen LogP contribution in [0.2, 0.25) is 0 Å². The lowest BCUT2D eigenvalue weighted by Crippen LogP contribution is -2.52. The number of carboxylic acid groups (broad SMARTS) is 1. The largest absolute Gasteiger partial charge is 0.481 e. The number of hydrogen-bond donors (Lipinski definition) is 2. The van der Waals surface area contributed by atoms with E-state index in [1.807, 2.05) is 0 Å². The second-order valence-corrected chi connectivity index (χ2v) is 9.81. The molecular formula is C23H36O4. The van der Waals surface area contributed by atoms with Crippen molar-refractivity contribution in [2.45, 2.75) is 78.6 Å². The maximum Gasteiger partial charge on any atom is 0.300 e. The van der Waals surface area contributed by atoms with Gasteiger partial charge in [-0.1, -0.05) is 32.8 Å². The molecule has 0 radical (unpaired) electrons. The SMILES string of the molecule is CC(=O)O.C[C@]12CCCCC1CC[C@@H]1[C@@H]2CC[C@]2(C)C(C(=O)CO)=CC[C@@H]12. The predicted molar refractivity (Wildman–Crippen MR) is 105 cm³/mol. The molecule has 6 atom stereocenters. The summed E-state index contributed by atoms with van der Waals surface area (Å²) < 4.78 is 0. The van der Waals surface area contributed by atoms with E-state index in [1.54, 1.807) is 0 Å². The van der Waals surface area contributed by atoms with Gasteiger partial charge in [0.1, 0.15) is 6.61 Å². The van der Waals surface area contributed by atoms with Crippen molar-refractivity contribution in [2.24, 2.45) is 34.5 Å². The average Bonchev–Trinajstić information content (AvgIpc) is 2.97. The summed E-state index contributed by atoms with van der Waals surface area (Å²) in [6.07, 6.45) is 14.2. The van der Waals surface area contributed by atoms with Crippen LogP contribution in [-0.4, -0.2) is 28.6 Å². The van der Waals surface area contributed by atoms with Crippen LogP contribution in [0.3, 0.4) is 0 Å². The molecule has 4 heteroatoms. The van der Waals surface area contributed by atoms with Crippen LogP contribution in [0.25, 0.3) is 0 Å². The Morgan fingerprint density at radius 1 is 1.07 bits per heavy atom. The van der Waals surface area contributed by atoms with Gasteiger partial charge >= 0.3 is 0 Å². The van der Waals surface area contributed by atoms with Gasteiger partial charge in [-0.25, -0.2) is 0 Å². The number of rotatable bonds is 2. The number of carboxylic acids is 1. The minimum atomic E-state index is -0.833. The molecule has 152 valence electrons. The Balaban J connectivity index is 0.000000481. The molecule has 0 aromatic heterocycles. The maximum absolute atomic E-state index is 12.2. The number of ketones is 1. The summed E-state index contributed by atoms with van der Waals surface area (Å²) in [5, 5.41) is 16.8. The zero-order chi connectivity index (χ0) is 19.8. The number of Topliss-reactive ketones (excluding diaryl/α,β-unsaturated/α-hetero) is 1. The quantitative estimate of drug-likeness (QED) is 0.738. The van der Waals surface area contributed by atoms with Gasteiger partial charge in [0.15, 0.2) is 5.78 Å². The van der Waals surface area contributed by atoms with E-state index < -0.39 is 5.97 Å². The molecule has 4 rings (SSSR count). The Kier molecular flexibility index (Phi) is 5.86. The highest BCUT2D eigenvalue weighted by Gasteiger charge is 2.58. The molecule has 0 aromatic rings. The second kappa shape index (κ2) is 7.69. The Morgan fingerprint density at radius 3 is 2.44 bits per heavy atom. The predicted octanol–water partition coefficient (Wildman–Crippen LogP) is 4.61. The molecule has 4 aliphatic carbocycles. The summed E-state index contributed by atoms with van der Waals surface area (Å²) in [6.45, 7) is 5.68. The number of carbonyl (C=O) groups is 2. The number of hydrogen-bond acceptors (Lipinski definition) is 3. The molecule has 27 heavy (non-hydrogen) atoms. The fourth-order valence-electron chi connectivity index (χ4n) is 7.38. The molecule has 0 saturated heterocycles. The van der Waals surface area contributed by atoms with E-state index in [4.69, 9.17) is 9.90 Å². The Labute approximate surface area is 163 Å². The third-order valence-electron chi connectivity index (χ3n) is 8.61. The van der Waals surface area contributed by atoms with E-state index in [0.717, 1.165) is 43.1 Å². The van der Waals surface area contributed by atoms with Crippen LogP contribution in [-0.2, 0) is 9.59 Å². The van der Waals surface area contributed by atoms with Crippen molar-refractivity contribution < 1.29 is 19.8 Å². The lowest BCUT2D eigenvalue weighted by Gasteiger charge is -2.60. The molecule has 3 saturated carbocycles. The normalized spacial score (nSPS) is 42.6. The summed E-state index contributed by atoms with van der Waals surface area (Å²) in [7, 11) is 0. The first-order valence-electron chi connectivity index (χ1n) is 10.8. The third-order valence-corrected chi connectivity index (χ3v) is 8.61. The molecule has 0 spiro atoms. The van der Waals surface area contributed by atoms with Crippen LogP contribution >= 0.6 is 0 Å². The van der Waals surface area contributed by atoms with Crippen LogP contribution in [0.1, 0.15) is 78.6 Å². The van der Waals surface area contributed by atoms with Crippen LogP contribution in [0, 0.1) is 34.5 Å². The first kappa shape index (κ1) is 20.6. The Hall–Kier alpha value is -1.16. The van der Waals surface area contributed by atoms with Crippen LogP contribution in [0.4, 0.5) is 0 Å². The highest BCUT2D eigenvalue weighted by atomic mass is 16.4. The van der Waals surface area contributed by atoms with Crippen LogP contribution in [0.15, 0.2) is 11.6 Å². The van der Waals surface area contributed by atoms with Gasteiger partial charge in [-0.2, -0.15) is 0 Å². The van der Waals surface area contributed by atoms with E-state index in [9.17, 15) is 9.90 Å². The fraction of sp³-hybridized carbons (Fsp3) is 0.826. The van der Waals surface area contributed by atoms with Crippen molar-refractivity contribution in [3.8, 4) is 0 Å². The van der Waals surface area contributed by atoms with E-state index in [0.29, 0.717) is 11.3 Å².